The smallest absolute Gasteiger partial charge is 0.375 e. The van der Waals surface area contributed by atoms with E-state index in [1.807, 2.05) is 0 Å². The van der Waals surface area contributed by atoms with Crippen LogP contribution in [0, 0.1) is 12.3 Å². The van der Waals surface area contributed by atoms with E-state index in [0.717, 1.165) is 0 Å². The van der Waals surface area contributed by atoms with Gasteiger partial charge in [0, 0.05) is 0 Å². The predicted molar refractivity (Wildman–Crippen MR) is 64.9 cm³/mol. The van der Waals surface area contributed by atoms with Crippen LogP contribution in [0.2, 0.25) is 0 Å². The first-order chi connectivity index (χ1) is 7.49. The van der Waals surface area contributed by atoms with Gasteiger partial charge in [-0.15, -0.1) is 13.0 Å². The summed E-state index contributed by atoms with van der Waals surface area (Å²) >= 11 is 10.6. The molecule has 0 N–H and O–H groups in total. The number of halogens is 2. The molecule has 0 amide bonds. The molecular formula is C9H13Cl2O4P. The Labute approximate surface area is 105 Å². The highest BCUT2D eigenvalue weighted by atomic mass is 35.9. The van der Waals surface area contributed by atoms with Crippen molar-refractivity contribution in [3.05, 3.63) is 12.7 Å². The van der Waals surface area contributed by atoms with Gasteiger partial charge in [0.25, 0.3) is 0 Å². The average Bonchev–Trinajstić information content (AvgIpc) is 2.16. The fourth-order valence-corrected chi connectivity index (χ4v) is 1.96. The highest BCUT2D eigenvalue weighted by Gasteiger charge is 2.22. The SMILES string of the molecule is C#CCOCC(COCC=C)OP(=O)(Cl)Cl. The van der Waals surface area contributed by atoms with E-state index in [4.69, 9.17) is 42.9 Å². The van der Waals surface area contributed by atoms with E-state index in [2.05, 4.69) is 12.5 Å². The van der Waals surface area contributed by atoms with Crippen LogP contribution in [0.15, 0.2) is 12.7 Å². The first-order valence-electron chi connectivity index (χ1n) is 4.37. The fourth-order valence-electron chi connectivity index (χ4n) is 0.815. The van der Waals surface area contributed by atoms with E-state index in [1.54, 1.807) is 6.08 Å². The van der Waals surface area contributed by atoms with Gasteiger partial charge in [-0.25, -0.2) is 0 Å². The summed E-state index contributed by atoms with van der Waals surface area (Å²) in [5.74, 6) is 2.28. The predicted octanol–water partition coefficient (Wildman–Crippen LogP) is 2.81. The molecule has 0 fully saturated rings. The van der Waals surface area contributed by atoms with Gasteiger partial charge in [0.1, 0.15) is 12.7 Å². The molecule has 4 nitrogen and oxygen atoms in total. The fraction of sp³-hybridized carbons (Fsp3) is 0.556. The lowest BCUT2D eigenvalue weighted by Crippen LogP contribution is -2.24. The summed E-state index contributed by atoms with van der Waals surface area (Å²) in [6.07, 6.45) is 2.32. The molecule has 16 heavy (non-hydrogen) atoms. The molecule has 0 bridgehead atoms. The van der Waals surface area contributed by atoms with Gasteiger partial charge in [-0.3, -0.25) is 9.09 Å². The van der Waals surface area contributed by atoms with Crippen LogP contribution in [0.4, 0.5) is 0 Å². The molecule has 0 heterocycles. The molecule has 0 aromatic heterocycles. The minimum atomic E-state index is -3.61. The second-order valence-electron chi connectivity index (χ2n) is 2.69. The highest BCUT2D eigenvalue weighted by molar-refractivity contribution is 8.05. The molecule has 0 rings (SSSR count). The maximum atomic E-state index is 11.0. The van der Waals surface area contributed by atoms with E-state index in [9.17, 15) is 4.57 Å². The van der Waals surface area contributed by atoms with Crippen molar-refractivity contribution in [3.63, 3.8) is 0 Å². The molecule has 0 saturated carbocycles. The maximum absolute atomic E-state index is 11.0. The lowest BCUT2D eigenvalue weighted by Gasteiger charge is -2.17. The number of ether oxygens (including phenoxy) is 2. The minimum Gasteiger partial charge on any atom is -0.375 e. The van der Waals surface area contributed by atoms with Crippen LogP contribution < -0.4 is 0 Å². The summed E-state index contributed by atoms with van der Waals surface area (Å²) in [5, 5.41) is 0. The zero-order valence-corrected chi connectivity index (χ0v) is 11.0. The Morgan fingerprint density at radius 2 is 2.06 bits per heavy atom. The molecule has 0 aliphatic rings. The third kappa shape index (κ3) is 10.5. The number of terminal acetylenes is 1. The normalized spacial score (nSPS) is 13.1. The van der Waals surface area contributed by atoms with Crippen molar-refractivity contribution in [2.24, 2.45) is 0 Å². The van der Waals surface area contributed by atoms with Crippen LogP contribution >= 0.6 is 28.6 Å². The quantitative estimate of drug-likeness (QED) is 0.283. The van der Waals surface area contributed by atoms with Crippen LogP contribution in [0.1, 0.15) is 0 Å². The Hall–Kier alpha value is -0.0100. The van der Waals surface area contributed by atoms with Gasteiger partial charge < -0.3 is 9.47 Å². The topological polar surface area (TPSA) is 44.8 Å². The molecule has 0 saturated heterocycles. The van der Waals surface area contributed by atoms with Gasteiger partial charge >= 0.3 is 6.07 Å². The Morgan fingerprint density at radius 3 is 2.56 bits per heavy atom. The van der Waals surface area contributed by atoms with Crippen molar-refractivity contribution in [3.8, 4) is 12.3 Å². The van der Waals surface area contributed by atoms with E-state index >= 15 is 0 Å². The Bertz CT molecular complexity index is 284. The molecule has 7 heteroatoms. The largest absolute Gasteiger partial charge is 0.380 e. The Kier molecular flexibility index (Phi) is 9.06. The third-order valence-corrected chi connectivity index (χ3v) is 2.32. The van der Waals surface area contributed by atoms with Gasteiger partial charge in [0.2, 0.25) is 0 Å². The van der Waals surface area contributed by atoms with Crippen molar-refractivity contribution in [2.75, 3.05) is 26.4 Å². The van der Waals surface area contributed by atoms with E-state index < -0.39 is 12.2 Å². The van der Waals surface area contributed by atoms with Gasteiger partial charge in [0.15, 0.2) is 0 Å². The van der Waals surface area contributed by atoms with Crippen molar-refractivity contribution < 1.29 is 18.6 Å². The first-order valence-corrected chi connectivity index (χ1v) is 7.80. The summed E-state index contributed by atoms with van der Waals surface area (Å²) in [6.45, 7) is 4.18. The Morgan fingerprint density at radius 1 is 1.44 bits per heavy atom. The standard InChI is InChI=1S/C9H13Cl2O4P/c1-3-5-13-7-9(8-14-6-4-2)15-16(10,11)12/h1,4,9H,2,5-8H2. The molecule has 92 valence electrons. The minimum absolute atomic E-state index is 0.102. The van der Waals surface area contributed by atoms with Crippen molar-refractivity contribution >= 4 is 28.6 Å². The summed E-state index contributed by atoms with van der Waals surface area (Å²) in [4.78, 5) is 0. The van der Waals surface area contributed by atoms with E-state index in [0.29, 0.717) is 6.61 Å². The van der Waals surface area contributed by atoms with Gasteiger partial charge in [-0.05, 0) is 22.5 Å². The van der Waals surface area contributed by atoms with Crippen LogP contribution in [0.5, 0.6) is 0 Å². The maximum Gasteiger partial charge on any atom is 0.380 e. The second kappa shape index (κ2) is 9.07. The monoisotopic (exact) mass is 286 g/mol. The molecule has 0 aliphatic heterocycles. The van der Waals surface area contributed by atoms with E-state index in [-0.39, 0.29) is 19.8 Å². The molecule has 0 radical (unpaired) electrons. The number of hydrogen-bond donors (Lipinski definition) is 0. The molecule has 0 aliphatic carbocycles. The van der Waals surface area contributed by atoms with Crippen molar-refractivity contribution in [1.29, 1.82) is 0 Å². The first kappa shape index (κ1) is 16.0. The van der Waals surface area contributed by atoms with Gasteiger partial charge in [0.05, 0.1) is 19.8 Å². The van der Waals surface area contributed by atoms with Gasteiger partial charge in [-0.2, -0.15) is 0 Å². The summed E-state index contributed by atoms with van der Waals surface area (Å²) in [5.41, 5.74) is 0. The van der Waals surface area contributed by atoms with Crippen LogP contribution in [0.3, 0.4) is 0 Å². The summed E-state index contributed by atoms with van der Waals surface area (Å²) < 4.78 is 26.0. The number of rotatable bonds is 9. The van der Waals surface area contributed by atoms with Crippen LogP contribution in [-0.4, -0.2) is 32.5 Å². The van der Waals surface area contributed by atoms with Gasteiger partial charge in [-0.1, -0.05) is 12.0 Å². The zero-order valence-electron chi connectivity index (χ0n) is 8.60. The van der Waals surface area contributed by atoms with E-state index in [1.165, 1.54) is 0 Å². The number of hydrogen-bond acceptors (Lipinski definition) is 4. The molecule has 0 spiro atoms. The molecule has 0 aromatic carbocycles. The molecular weight excluding hydrogens is 274 g/mol. The Balaban J connectivity index is 4.00. The highest BCUT2D eigenvalue weighted by Crippen LogP contribution is 2.58. The van der Waals surface area contributed by atoms with Crippen LogP contribution in [-0.2, 0) is 18.6 Å². The average molecular weight is 287 g/mol. The summed E-state index contributed by atoms with van der Waals surface area (Å²) in [6, 6.07) is 0. The molecule has 1 unspecified atom stereocenters. The lowest BCUT2D eigenvalue weighted by atomic mass is 10.4. The zero-order chi connectivity index (χ0) is 12.4. The molecule has 1 atom stereocenters. The second-order valence-corrected chi connectivity index (χ2v) is 6.92. The lowest BCUT2D eigenvalue weighted by molar-refractivity contribution is 0.0124. The van der Waals surface area contributed by atoms with Crippen LogP contribution in [0.25, 0.3) is 0 Å². The molecule has 0 aromatic rings. The summed E-state index contributed by atoms with van der Waals surface area (Å²) in [7, 11) is 0. The van der Waals surface area contributed by atoms with Crippen molar-refractivity contribution in [2.45, 2.75) is 6.10 Å². The van der Waals surface area contributed by atoms with Crippen molar-refractivity contribution in [1.82, 2.24) is 0 Å². The third-order valence-electron chi connectivity index (χ3n) is 1.30.